The van der Waals surface area contributed by atoms with Crippen molar-refractivity contribution >= 4 is 39.3 Å². The molecular formula is C9H11BrClN3O. The van der Waals surface area contributed by atoms with Crippen LogP contribution in [0.1, 0.15) is 19.3 Å². The van der Waals surface area contributed by atoms with E-state index in [9.17, 15) is 4.79 Å². The van der Waals surface area contributed by atoms with Crippen LogP contribution in [0, 0.1) is 0 Å². The number of hydrogen-bond donors (Lipinski definition) is 1. The van der Waals surface area contributed by atoms with Crippen molar-refractivity contribution in [2.24, 2.45) is 0 Å². The number of anilines is 1. The summed E-state index contributed by atoms with van der Waals surface area (Å²) in [6, 6.07) is 3.21. The smallest absolute Gasteiger partial charge is 0.225 e. The Kier molecular flexibility index (Phi) is 5.57. The highest BCUT2D eigenvalue weighted by molar-refractivity contribution is 9.09. The lowest BCUT2D eigenvalue weighted by molar-refractivity contribution is -0.116. The summed E-state index contributed by atoms with van der Waals surface area (Å²) in [6.45, 7) is 0. The summed E-state index contributed by atoms with van der Waals surface area (Å²) < 4.78 is 0. The SMILES string of the molecule is O=C(CCCCBr)Nc1ccc(Cl)nn1. The zero-order chi connectivity index (χ0) is 11.1. The summed E-state index contributed by atoms with van der Waals surface area (Å²) in [5.41, 5.74) is 0. The molecule has 0 spiro atoms. The van der Waals surface area contributed by atoms with E-state index >= 15 is 0 Å². The van der Waals surface area contributed by atoms with Crippen molar-refractivity contribution in [1.29, 1.82) is 0 Å². The summed E-state index contributed by atoms with van der Waals surface area (Å²) in [5.74, 6) is 0.385. The van der Waals surface area contributed by atoms with Crippen LogP contribution in [0.25, 0.3) is 0 Å². The Morgan fingerprint density at radius 1 is 1.40 bits per heavy atom. The monoisotopic (exact) mass is 291 g/mol. The van der Waals surface area contributed by atoms with E-state index in [2.05, 4.69) is 31.4 Å². The van der Waals surface area contributed by atoms with E-state index in [1.165, 1.54) is 0 Å². The second kappa shape index (κ2) is 6.74. The number of rotatable bonds is 5. The first kappa shape index (κ1) is 12.4. The number of alkyl halides is 1. The van der Waals surface area contributed by atoms with Crippen molar-refractivity contribution in [3.8, 4) is 0 Å². The fourth-order valence-electron chi connectivity index (χ4n) is 0.968. The average molecular weight is 293 g/mol. The molecule has 0 aromatic carbocycles. The third kappa shape index (κ3) is 5.09. The van der Waals surface area contributed by atoms with Gasteiger partial charge in [0.25, 0.3) is 0 Å². The standard InChI is InChI=1S/C9H11BrClN3O/c10-6-2-1-3-9(15)12-8-5-4-7(11)13-14-8/h4-5H,1-3,6H2,(H,12,14,15). The first-order valence-electron chi connectivity index (χ1n) is 4.57. The minimum atomic E-state index is -0.0485. The molecule has 0 unspecified atom stereocenters. The Hall–Kier alpha value is -0.680. The van der Waals surface area contributed by atoms with Crippen LogP contribution in [0.2, 0.25) is 5.15 Å². The highest BCUT2D eigenvalue weighted by Crippen LogP contribution is 2.07. The molecule has 1 heterocycles. The van der Waals surface area contributed by atoms with Crippen molar-refractivity contribution in [2.75, 3.05) is 10.6 Å². The normalized spacial score (nSPS) is 10.0. The molecule has 1 aromatic rings. The van der Waals surface area contributed by atoms with Gasteiger partial charge in [0.05, 0.1) is 0 Å². The topological polar surface area (TPSA) is 54.9 Å². The van der Waals surface area contributed by atoms with Gasteiger partial charge in [-0.25, -0.2) is 0 Å². The number of carbonyl (C=O) groups is 1. The zero-order valence-corrected chi connectivity index (χ0v) is 10.4. The molecule has 0 atom stereocenters. The molecule has 15 heavy (non-hydrogen) atoms. The van der Waals surface area contributed by atoms with Crippen LogP contribution < -0.4 is 5.32 Å². The van der Waals surface area contributed by atoms with Gasteiger partial charge < -0.3 is 5.32 Å². The Bertz CT molecular complexity index is 318. The molecule has 0 aliphatic carbocycles. The predicted octanol–water partition coefficient (Wildman–Crippen LogP) is 2.63. The van der Waals surface area contributed by atoms with E-state index in [1.807, 2.05) is 0 Å². The summed E-state index contributed by atoms with van der Waals surface area (Å²) in [4.78, 5) is 11.3. The number of nitrogens with zero attached hydrogens (tertiary/aromatic N) is 2. The Labute approximate surface area is 102 Å². The maximum Gasteiger partial charge on any atom is 0.225 e. The lowest BCUT2D eigenvalue weighted by Crippen LogP contribution is -2.12. The molecule has 0 fully saturated rings. The molecule has 1 N–H and O–H groups in total. The number of halogens is 2. The van der Waals surface area contributed by atoms with Gasteiger partial charge in [0.15, 0.2) is 11.0 Å². The fraction of sp³-hybridized carbons (Fsp3) is 0.444. The van der Waals surface area contributed by atoms with Gasteiger partial charge >= 0.3 is 0 Å². The van der Waals surface area contributed by atoms with E-state index < -0.39 is 0 Å². The quantitative estimate of drug-likeness (QED) is 0.670. The maximum atomic E-state index is 11.3. The third-order valence-electron chi connectivity index (χ3n) is 1.69. The first-order chi connectivity index (χ1) is 7.22. The molecule has 0 radical (unpaired) electrons. The minimum Gasteiger partial charge on any atom is -0.309 e. The van der Waals surface area contributed by atoms with E-state index in [4.69, 9.17) is 11.6 Å². The second-order valence-electron chi connectivity index (χ2n) is 2.94. The number of unbranched alkanes of at least 4 members (excludes halogenated alkanes) is 1. The number of carbonyl (C=O) groups excluding carboxylic acids is 1. The highest BCUT2D eigenvalue weighted by Gasteiger charge is 2.03. The fourth-order valence-corrected chi connectivity index (χ4v) is 1.47. The Balaban J connectivity index is 2.34. The van der Waals surface area contributed by atoms with Crippen molar-refractivity contribution in [2.45, 2.75) is 19.3 Å². The second-order valence-corrected chi connectivity index (χ2v) is 4.12. The summed E-state index contributed by atoms with van der Waals surface area (Å²) >= 11 is 8.86. The predicted molar refractivity (Wildman–Crippen MR) is 63.3 cm³/mol. The van der Waals surface area contributed by atoms with Gasteiger partial charge in [-0.15, -0.1) is 10.2 Å². The van der Waals surface area contributed by atoms with Gasteiger partial charge in [-0.05, 0) is 25.0 Å². The van der Waals surface area contributed by atoms with Crippen molar-refractivity contribution < 1.29 is 4.79 Å². The molecule has 1 aromatic heterocycles. The molecule has 82 valence electrons. The van der Waals surface area contributed by atoms with E-state index in [0.717, 1.165) is 18.2 Å². The number of aromatic nitrogens is 2. The Morgan fingerprint density at radius 2 is 2.20 bits per heavy atom. The van der Waals surface area contributed by atoms with Crippen molar-refractivity contribution in [3.63, 3.8) is 0 Å². The van der Waals surface area contributed by atoms with Gasteiger partial charge in [0.2, 0.25) is 5.91 Å². The number of nitrogens with one attached hydrogen (secondary N) is 1. The maximum absolute atomic E-state index is 11.3. The molecule has 0 aliphatic heterocycles. The molecular weight excluding hydrogens is 281 g/mol. The summed E-state index contributed by atoms with van der Waals surface area (Å²) in [6.07, 6.45) is 2.34. The zero-order valence-electron chi connectivity index (χ0n) is 8.04. The van der Waals surface area contributed by atoms with Gasteiger partial charge in [-0.3, -0.25) is 4.79 Å². The van der Waals surface area contributed by atoms with Crippen molar-refractivity contribution in [3.05, 3.63) is 17.3 Å². The summed E-state index contributed by atoms with van der Waals surface area (Å²) in [5, 5.41) is 11.2. The molecule has 6 heteroatoms. The molecule has 0 aliphatic rings. The number of amides is 1. The Morgan fingerprint density at radius 3 is 2.80 bits per heavy atom. The van der Waals surface area contributed by atoms with E-state index in [1.54, 1.807) is 12.1 Å². The van der Waals surface area contributed by atoms with Gasteiger partial charge in [0.1, 0.15) is 0 Å². The molecule has 4 nitrogen and oxygen atoms in total. The van der Waals surface area contributed by atoms with Crippen LogP contribution in [0.15, 0.2) is 12.1 Å². The molecule has 1 rings (SSSR count). The van der Waals surface area contributed by atoms with Crippen molar-refractivity contribution in [1.82, 2.24) is 10.2 Å². The van der Waals surface area contributed by atoms with E-state index in [-0.39, 0.29) is 5.91 Å². The van der Waals surface area contributed by atoms with Gasteiger partial charge in [-0.2, -0.15) is 0 Å². The molecule has 0 bridgehead atoms. The first-order valence-corrected chi connectivity index (χ1v) is 6.07. The van der Waals surface area contributed by atoms with Crippen LogP contribution in [-0.4, -0.2) is 21.4 Å². The minimum absolute atomic E-state index is 0.0485. The van der Waals surface area contributed by atoms with Crippen LogP contribution in [-0.2, 0) is 4.79 Å². The lowest BCUT2D eigenvalue weighted by atomic mass is 10.2. The van der Waals surface area contributed by atoms with Gasteiger partial charge in [0, 0.05) is 11.8 Å². The molecule has 0 saturated carbocycles. The van der Waals surface area contributed by atoms with Crippen LogP contribution in [0.4, 0.5) is 5.82 Å². The molecule has 1 amide bonds. The largest absolute Gasteiger partial charge is 0.309 e. The third-order valence-corrected chi connectivity index (χ3v) is 2.45. The average Bonchev–Trinajstić information content (AvgIpc) is 2.22. The van der Waals surface area contributed by atoms with Crippen LogP contribution >= 0.6 is 27.5 Å². The molecule has 0 saturated heterocycles. The highest BCUT2D eigenvalue weighted by atomic mass is 79.9. The van der Waals surface area contributed by atoms with Crippen LogP contribution in [0.5, 0.6) is 0 Å². The van der Waals surface area contributed by atoms with E-state index in [0.29, 0.717) is 17.4 Å². The summed E-state index contributed by atoms with van der Waals surface area (Å²) in [7, 11) is 0. The number of hydrogen-bond acceptors (Lipinski definition) is 3. The van der Waals surface area contributed by atoms with Crippen LogP contribution in [0.3, 0.4) is 0 Å². The lowest BCUT2D eigenvalue weighted by Gasteiger charge is -2.02. The van der Waals surface area contributed by atoms with Gasteiger partial charge in [-0.1, -0.05) is 27.5 Å².